The van der Waals surface area contributed by atoms with E-state index in [4.69, 9.17) is 5.26 Å². The summed E-state index contributed by atoms with van der Waals surface area (Å²) in [5.41, 5.74) is 1.57. The predicted octanol–water partition coefficient (Wildman–Crippen LogP) is 1.03. The van der Waals surface area contributed by atoms with E-state index in [-0.39, 0.29) is 11.9 Å². The average Bonchev–Trinajstić information content (AvgIpc) is 3.09. The first-order valence-electron chi connectivity index (χ1n) is 7.63. The van der Waals surface area contributed by atoms with Crippen LogP contribution in [0.4, 0.5) is 0 Å². The van der Waals surface area contributed by atoms with Gasteiger partial charge in [-0.25, -0.2) is 4.98 Å². The lowest BCUT2D eigenvalue weighted by Gasteiger charge is -2.30. The van der Waals surface area contributed by atoms with Crippen LogP contribution in [0.15, 0.2) is 24.5 Å². The average molecular weight is 295 g/mol. The first kappa shape index (κ1) is 13.3. The molecule has 3 atom stereocenters. The van der Waals surface area contributed by atoms with Crippen molar-refractivity contribution in [1.29, 1.82) is 5.26 Å². The SMILES string of the molecule is N#Cc1cn2ccc(C(=O)N[C@@H]3C[C@@H]4CCN(C4)C3)cc2n1. The van der Waals surface area contributed by atoms with Crippen LogP contribution in [-0.2, 0) is 0 Å². The molecule has 2 bridgehead atoms. The van der Waals surface area contributed by atoms with Crippen molar-refractivity contribution in [2.75, 3.05) is 19.6 Å². The van der Waals surface area contributed by atoms with Gasteiger partial charge in [0.25, 0.3) is 5.91 Å². The lowest BCUT2D eigenvalue weighted by atomic mass is 9.96. The second-order valence-corrected chi connectivity index (χ2v) is 6.24. The molecule has 0 aromatic carbocycles. The Morgan fingerprint density at radius 2 is 2.36 bits per heavy atom. The van der Waals surface area contributed by atoms with Gasteiger partial charge in [0, 0.05) is 37.1 Å². The Kier molecular flexibility index (Phi) is 3.09. The zero-order valence-corrected chi connectivity index (χ0v) is 12.2. The van der Waals surface area contributed by atoms with Crippen LogP contribution in [-0.4, -0.2) is 45.9 Å². The van der Waals surface area contributed by atoms with E-state index in [2.05, 4.69) is 15.2 Å². The van der Waals surface area contributed by atoms with Crippen molar-refractivity contribution in [3.63, 3.8) is 0 Å². The first-order chi connectivity index (χ1) is 10.7. The van der Waals surface area contributed by atoms with E-state index in [9.17, 15) is 4.79 Å². The van der Waals surface area contributed by atoms with Gasteiger partial charge in [-0.2, -0.15) is 5.26 Å². The third kappa shape index (κ3) is 2.34. The zero-order valence-electron chi connectivity index (χ0n) is 12.2. The van der Waals surface area contributed by atoms with Gasteiger partial charge in [0.2, 0.25) is 0 Å². The fraction of sp³-hybridized carbons (Fsp3) is 0.438. The molecule has 0 aliphatic carbocycles. The second kappa shape index (κ2) is 5.11. The topological polar surface area (TPSA) is 73.4 Å². The van der Waals surface area contributed by atoms with Gasteiger partial charge in [0.05, 0.1) is 0 Å². The summed E-state index contributed by atoms with van der Waals surface area (Å²) in [6.45, 7) is 3.30. The molecular weight excluding hydrogens is 278 g/mol. The van der Waals surface area contributed by atoms with E-state index >= 15 is 0 Å². The summed E-state index contributed by atoms with van der Waals surface area (Å²) >= 11 is 0. The van der Waals surface area contributed by atoms with E-state index < -0.39 is 0 Å². The van der Waals surface area contributed by atoms with Crippen LogP contribution in [0.1, 0.15) is 28.9 Å². The third-order valence-corrected chi connectivity index (χ3v) is 4.64. The predicted molar refractivity (Wildman–Crippen MR) is 80.3 cm³/mol. The smallest absolute Gasteiger partial charge is 0.251 e. The molecule has 1 unspecified atom stereocenters. The molecule has 0 spiro atoms. The third-order valence-electron chi connectivity index (χ3n) is 4.64. The van der Waals surface area contributed by atoms with Gasteiger partial charge < -0.3 is 14.6 Å². The Morgan fingerprint density at radius 1 is 1.45 bits per heavy atom. The molecule has 2 aliphatic rings. The highest BCUT2D eigenvalue weighted by molar-refractivity contribution is 5.95. The number of rotatable bonds is 2. The van der Waals surface area contributed by atoms with Crippen molar-refractivity contribution >= 4 is 11.6 Å². The maximum Gasteiger partial charge on any atom is 0.251 e. The molecule has 1 N–H and O–H groups in total. The molecule has 2 aromatic heterocycles. The number of hydrogen-bond donors (Lipinski definition) is 1. The van der Waals surface area contributed by atoms with E-state index in [1.54, 1.807) is 28.9 Å². The van der Waals surface area contributed by atoms with E-state index in [1.807, 2.05) is 6.07 Å². The number of carbonyl (C=O) groups is 1. The number of pyridine rings is 1. The number of aromatic nitrogens is 2. The Morgan fingerprint density at radius 3 is 3.18 bits per heavy atom. The van der Waals surface area contributed by atoms with Crippen LogP contribution in [0.2, 0.25) is 0 Å². The Hall–Kier alpha value is -2.39. The van der Waals surface area contributed by atoms with Crippen molar-refractivity contribution in [3.05, 3.63) is 35.8 Å². The van der Waals surface area contributed by atoms with E-state index in [0.29, 0.717) is 16.9 Å². The maximum atomic E-state index is 12.4. The molecule has 6 heteroatoms. The van der Waals surface area contributed by atoms with Gasteiger partial charge in [0.1, 0.15) is 11.7 Å². The van der Waals surface area contributed by atoms with Crippen LogP contribution in [0.3, 0.4) is 0 Å². The minimum Gasteiger partial charge on any atom is -0.348 e. The largest absolute Gasteiger partial charge is 0.348 e. The minimum atomic E-state index is -0.0588. The van der Waals surface area contributed by atoms with Crippen molar-refractivity contribution in [2.45, 2.75) is 18.9 Å². The first-order valence-corrected chi connectivity index (χ1v) is 7.63. The van der Waals surface area contributed by atoms with Crippen LogP contribution < -0.4 is 5.32 Å². The number of nitriles is 1. The van der Waals surface area contributed by atoms with Gasteiger partial charge in [-0.15, -0.1) is 0 Å². The van der Waals surface area contributed by atoms with E-state index in [1.165, 1.54) is 13.0 Å². The molecule has 2 aliphatic heterocycles. The standard InChI is InChI=1S/C16H17N5O/c17-7-14-10-21-4-2-12(6-15(21)18-14)16(22)19-13-5-11-1-3-20(8-11)9-13/h2,4,6,10-11,13H,1,3,5,8-9H2,(H,19,22)/t11-,13+/m0/s1. The van der Waals surface area contributed by atoms with Crippen molar-refractivity contribution in [1.82, 2.24) is 19.6 Å². The number of nitrogens with one attached hydrogen (secondary N) is 1. The molecular formula is C16H17N5O. The summed E-state index contributed by atoms with van der Waals surface area (Å²) in [5, 5.41) is 12.0. The molecule has 0 saturated carbocycles. The highest BCUT2D eigenvalue weighted by Gasteiger charge is 2.32. The van der Waals surface area contributed by atoms with Crippen molar-refractivity contribution in [3.8, 4) is 6.07 Å². The summed E-state index contributed by atoms with van der Waals surface area (Å²) in [6, 6.07) is 5.74. The molecule has 6 nitrogen and oxygen atoms in total. The Balaban J connectivity index is 1.51. The Bertz CT molecular complexity index is 762. The second-order valence-electron chi connectivity index (χ2n) is 6.24. The molecule has 2 fully saturated rings. The number of imidazole rings is 1. The Labute approximate surface area is 128 Å². The van der Waals surface area contributed by atoms with Gasteiger partial charge in [-0.1, -0.05) is 0 Å². The monoisotopic (exact) mass is 295 g/mol. The molecule has 22 heavy (non-hydrogen) atoms. The molecule has 0 radical (unpaired) electrons. The summed E-state index contributed by atoms with van der Waals surface area (Å²) in [5.74, 6) is 0.670. The molecule has 112 valence electrons. The number of fused-ring (bicyclic) bond motifs is 3. The maximum absolute atomic E-state index is 12.4. The molecule has 2 aromatic rings. The number of carbonyl (C=O) groups excluding carboxylic acids is 1. The number of amides is 1. The van der Waals surface area contributed by atoms with Crippen LogP contribution >= 0.6 is 0 Å². The summed E-state index contributed by atoms with van der Waals surface area (Å²) in [4.78, 5) is 19.0. The fourth-order valence-electron chi connectivity index (χ4n) is 3.61. The van der Waals surface area contributed by atoms with Gasteiger partial charge >= 0.3 is 0 Å². The fourth-order valence-corrected chi connectivity index (χ4v) is 3.61. The summed E-state index contributed by atoms with van der Waals surface area (Å²) < 4.78 is 1.75. The van der Waals surface area contributed by atoms with Crippen molar-refractivity contribution < 1.29 is 4.79 Å². The highest BCUT2D eigenvalue weighted by atomic mass is 16.1. The van der Waals surface area contributed by atoms with E-state index in [0.717, 1.165) is 25.4 Å². The lowest BCUT2D eigenvalue weighted by molar-refractivity contribution is 0.0909. The molecule has 1 amide bonds. The van der Waals surface area contributed by atoms with Gasteiger partial charge in [-0.3, -0.25) is 4.79 Å². The van der Waals surface area contributed by atoms with Gasteiger partial charge in [-0.05, 0) is 37.4 Å². The van der Waals surface area contributed by atoms with Crippen LogP contribution in [0.5, 0.6) is 0 Å². The lowest BCUT2D eigenvalue weighted by Crippen LogP contribution is -2.47. The normalized spacial score (nSPS) is 26.8. The van der Waals surface area contributed by atoms with Gasteiger partial charge in [0.15, 0.2) is 5.69 Å². The number of hydrogen-bond acceptors (Lipinski definition) is 4. The number of piperidine rings is 1. The summed E-state index contributed by atoms with van der Waals surface area (Å²) in [7, 11) is 0. The molecule has 4 rings (SSSR count). The van der Waals surface area contributed by atoms with Crippen LogP contribution in [0.25, 0.3) is 5.65 Å². The number of nitrogens with zero attached hydrogens (tertiary/aromatic N) is 4. The zero-order chi connectivity index (χ0) is 15.1. The minimum absolute atomic E-state index is 0.0588. The van der Waals surface area contributed by atoms with Crippen LogP contribution in [0, 0.1) is 17.2 Å². The van der Waals surface area contributed by atoms with Crippen molar-refractivity contribution in [2.24, 2.45) is 5.92 Å². The summed E-state index contributed by atoms with van der Waals surface area (Å²) in [6.07, 6.45) is 5.76. The molecule has 4 heterocycles. The molecule has 2 saturated heterocycles. The highest BCUT2D eigenvalue weighted by Crippen LogP contribution is 2.26. The quantitative estimate of drug-likeness (QED) is 0.898.